The van der Waals surface area contributed by atoms with E-state index in [-0.39, 0.29) is 0 Å². The van der Waals surface area contributed by atoms with Gasteiger partial charge in [0.25, 0.3) is 0 Å². The summed E-state index contributed by atoms with van der Waals surface area (Å²) in [7, 11) is 0. The molecule has 0 bridgehead atoms. The molecule has 19 heavy (non-hydrogen) atoms. The largest absolute Gasteiger partial charge is 0.378 e. The van der Waals surface area contributed by atoms with Crippen LogP contribution in [-0.2, 0) is 4.74 Å². The minimum absolute atomic E-state index is 0.417. The van der Waals surface area contributed by atoms with Crippen molar-refractivity contribution in [2.24, 2.45) is 5.92 Å². The predicted molar refractivity (Wildman–Crippen MR) is 83.1 cm³/mol. The summed E-state index contributed by atoms with van der Waals surface area (Å²) in [5.74, 6) is 0.782. The van der Waals surface area contributed by atoms with Crippen LogP contribution in [0.3, 0.4) is 0 Å². The van der Waals surface area contributed by atoms with E-state index in [0.29, 0.717) is 12.1 Å². The lowest BCUT2D eigenvalue weighted by molar-refractivity contribution is -0.0290. The standard InChI is InChI=1S/C15H24ClNOS/c1-3-6-17-14(15-13(16)5-7-19-15)10-11-8-12(9-11)18-4-2/h5,7,11-12,14,17H,3-4,6,8-10H2,1-2H3. The van der Waals surface area contributed by atoms with Gasteiger partial charge in [0.2, 0.25) is 0 Å². The van der Waals surface area contributed by atoms with E-state index >= 15 is 0 Å². The highest BCUT2D eigenvalue weighted by Gasteiger charge is 2.32. The SMILES string of the molecule is CCCNC(CC1CC(OCC)C1)c1sccc1Cl. The van der Waals surface area contributed by atoms with Crippen molar-refractivity contribution < 1.29 is 4.74 Å². The molecular formula is C15H24ClNOS. The van der Waals surface area contributed by atoms with E-state index in [4.69, 9.17) is 16.3 Å². The van der Waals surface area contributed by atoms with Gasteiger partial charge in [-0.3, -0.25) is 0 Å². The van der Waals surface area contributed by atoms with Crippen molar-refractivity contribution in [2.75, 3.05) is 13.2 Å². The van der Waals surface area contributed by atoms with E-state index in [1.54, 1.807) is 11.3 Å². The third-order valence-corrected chi connectivity index (χ3v) is 5.24. The molecule has 1 fully saturated rings. The average molecular weight is 302 g/mol. The summed E-state index contributed by atoms with van der Waals surface area (Å²) >= 11 is 8.05. The third kappa shape index (κ3) is 4.19. The van der Waals surface area contributed by atoms with Crippen LogP contribution in [0, 0.1) is 5.92 Å². The van der Waals surface area contributed by atoms with Gasteiger partial charge in [0.1, 0.15) is 0 Å². The molecule has 0 saturated heterocycles. The molecule has 0 amide bonds. The van der Waals surface area contributed by atoms with Gasteiger partial charge in [0, 0.05) is 17.5 Å². The lowest BCUT2D eigenvalue weighted by atomic mass is 9.78. The topological polar surface area (TPSA) is 21.3 Å². The Balaban J connectivity index is 1.87. The van der Waals surface area contributed by atoms with Gasteiger partial charge in [-0.2, -0.15) is 0 Å². The predicted octanol–water partition coefficient (Wildman–Crippen LogP) is 4.65. The molecule has 1 unspecified atom stereocenters. The van der Waals surface area contributed by atoms with Gasteiger partial charge in [-0.25, -0.2) is 0 Å². The first-order chi connectivity index (χ1) is 9.24. The zero-order valence-electron chi connectivity index (χ0n) is 11.8. The maximum absolute atomic E-state index is 6.28. The van der Waals surface area contributed by atoms with Gasteiger partial charge in [-0.15, -0.1) is 11.3 Å². The van der Waals surface area contributed by atoms with Crippen molar-refractivity contribution >= 4 is 22.9 Å². The molecule has 1 aliphatic rings. The third-order valence-electron chi connectivity index (χ3n) is 3.77. The van der Waals surface area contributed by atoms with Crippen LogP contribution in [0.15, 0.2) is 11.4 Å². The van der Waals surface area contributed by atoms with Gasteiger partial charge >= 0.3 is 0 Å². The Hall–Kier alpha value is -0.0900. The van der Waals surface area contributed by atoms with Crippen LogP contribution in [0.1, 0.15) is 50.4 Å². The summed E-state index contributed by atoms with van der Waals surface area (Å²) in [4.78, 5) is 1.30. The number of thiophene rings is 1. The van der Waals surface area contributed by atoms with Crippen molar-refractivity contribution in [2.45, 2.75) is 51.7 Å². The molecule has 1 atom stereocenters. The normalized spacial score (nSPS) is 24.2. The average Bonchev–Trinajstić information content (AvgIpc) is 2.77. The molecular weight excluding hydrogens is 278 g/mol. The van der Waals surface area contributed by atoms with E-state index in [9.17, 15) is 0 Å². The highest BCUT2D eigenvalue weighted by molar-refractivity contribution is 7.10. The summed E-state index contributed by atoms with van der Waals surface area (Å²) in [5.41, 5.74) is 0. The summed E-state index contributed by atoms with van der Waals surface area (Å²) in [6, 6.07) is 2.42. The summed E-state index contributed by atoms with van der Waals surface area (Å²) in [6.07, 6.45) is 5.26. The maximum Gasteiger partial charge on any atom is 0.0580 e. The quantitative estimate of drug-likeness (QED) is 0.755. The number of hydrogen-bond acceptors (Lipinski definition) is 3. The van der Waals surface area contributed by atoms with Gasteiger partial charge in [-0.1, -0.05) is 18.5 Å². The highest BCUT2D eigenvalue weighted by atomic mass is 35.5. The van der Waals surface area contributed by atoms with Crippen molar-refractivity contribution in [3.63, 3.8) is 0 Å². The molecule has 4 heteroatoms. The zero-order chi connectivity index (χ0) is 13.7. The summed E-state index contributed by atoms with van der Waals surface area (Å²) < 4.78 is 5.64. The molecule has 0 radical (unpaired) electrons. The van der Waals surface area contributed by atoms with Gasteiger partial charge in [-0.05, 0) is 56.5 Å². The second kappa shape index (κ2) is 7.63. The molecule has 0 spiro atoms. The van der Waals surface area contributed by atoms with Gasteiger partial charge < -0.3 is 10.1 Å². The van der Waals surface area contributed by atoms with Crippen LogP contribution in [0.5, 0.6) is 0 Å². The van der Waals surface area contributed by atoms with Crippen molar-refractivity contribution in [3.05, 3.63) is 21.3 Å². The Bertz CT molecular complexity index is 376. The molecule has 1 saturated carbocycles. The molecule has 1 aromatic heterocycles. The van der Waals surface area contributed by atoms with Crippen molar-refractivity contribution in [3.8, 4) is 0 Å². The molecule has 2 nitrogen and oxygen atoms in total. The van der Waals surface area contributed by atoms with E-state index in [0.717, 1.165) is 30.5 Å². The Morgan fingerprint density at radius 2 is 2.26 bits per heavy atom. The Kier molecular flexibility index (Phi) is 6.14. The van der Waals surface area contributed by atoms with Crippen LogP contribution in [0.4, 0.5) is 0 Å². The summed E-state index contributed by atoms with van der Waals surface area (Å²) in [5, 5.41) is 6.65. The molecule has 1 heterocycles. The number of rotatable bonds is 8. The first-order valence-corrected chi connectivity index (χ1v) is 8.58. The first-order valence-electron chi connectivity index (χ1n) is 7.32. The first kappa shape index (κ1) is 15.3. The summed E-state index contributed by atoms with van der Waals surface area (Å²) in [6.45, 7) is 6.17. The molecule has 0 aliphatic heterocycles. The Labute approximate surface area is 125 Å². The van der Waals surface area contributed by atoms with Crippen LogP contribution in [0.25, 0.3) is 0 Å². The lowest BCUT2D eigenvalue weighted by Crippen LogP contribution is -2.34. The van der Waals surface area contributed by atoms with E-state index in [1.807, 2.05) is 6.07 Å². The van der Waals surface area contributed by atoms with E-state index < -0.39 is 0 Å². The molecule has 1 N–H and O–H groups in total. The minimum Gasteiger partial charge on any atom is -0.378 e. The highest BCUT2D eigenvalue weighted by Crippen LogP contribution is 2.39. The number of halogens is 1. The maximum atomic E-state index is 6.28. The fourth-order valence-electron chi connectivity index (χ4n) is 2.73. The molecule has 1 aromatic rings. The van der Waals surface area contributed by atoms with Gasteiger partial charge in [0.15, 0.2) is 0 Å². The Morgan fingerprint density at radius 1 is 1.47 bits per heavy atom. The smallest absolute Gasteiger partial charge is 0.0580 e. The second-order valence-electron chi connectivity index (χ2n) is 5.29. The second-order valence-corrected chi connectivity index (χ2v) is 6.64. The minimum atomic E-state index is 0.417. The number of ether oxygens (including phenoxy) is 1. The van der Waals surface area contributed by atoms with Gasteiger partial charge in [0.05, 0.1) is 11.1 Å². The zero-order valence-corrected chi connectivity index (χ0v) is 13.4. The number of nitrogens with one attached hydrogen (secondary N) is 1. The fourth-order valence-corrected chi connectivity index (χ4v) is 4.01. The molecule has 0 aromatic carbocycles. The lowest BCUT2D eigenvalue weighted by Gasteiger charge is -2.37. The number of hydrogen-bond donors (Lipinski definition) is 1. The Morgan fingerprint density at radius 3 is 2.84 bits per heavy atom. The molecule has 108 valence electrons. The van der Waals surface area contributed by atoms with Crippen LogP contribution < -0.4 is 5.32 Å². The van der Waals surface area contributed by atoms with Crippen LogP contribution in [0.2, 0.25) is 5.02 Å². The molecule has 2 rings (SSSR count). The van der Waals surface area contributed by atoms with Crippen LogP contribution >= 0.6 is 22.9 Å². The molecule has 1 aliphatic carbocycles. The van der Waals surface area contributed by atoms with E-state index in [2.05, 4.69) is 24.5 Å². The van der Waals surface area contributed by atoms with E-state index in [1.165, 1.54) is 24.1 Å². The van der Waals surface area contributed by atoms with Crippen molar-refractivity contribution in [1.29, 1.82) is 0 Å². The van der Waals surface area contributed by atoms with Crippen molar-refractivity contribution in [1.82, 2.24) is 5.32 Å². The fraction of sp³-hybridized carbons (Fsp3) is 0.733. The monoisotopic (exact) mass is 301 g/mol. The van der Waals surface area contributed by atoms with Crippen LogP contribution in [-0.4, -0.2) is 19.3 Å².